The third kappa shape index (κ3) is 2.96. The summed E-state index contributed by atoms with van der Waals surface area (Å²) in [6.45, 7) is 1.99. The zero-order chi connectivity index (χ0) is 12.4. The van der Waals surface area contributed by atoms with Crippen LogP contribution < -0.4 is 11.1 Å². The molecule has 0 aromatic heterocycles. The van der Waals surface area contributed by atoms with E-state index in [0.29, 0.717) is 6.42 Å². The Hall–Kier alpha value is -1.13. The highest BCUT2D eigenvalue weighted by Gasteiger charge is 2.22. The van der Waals surface area contributed by atoms with Gasteiger partial charge in [-0.2, -0.15) is 0 Å². The topological polar surface area (TPSA) is 55.1 Å². The Morgan fingerprint density at radius 1 is 1.47 bits per heavy atom. The predicted molar refractivity (Wildman–Crippen MR) is 72.7 cm³/mol. The van der Waals surface area contributed by atoms with Crippen LogP contribution in [0.25, 0.3) is 0 Å². The normalized spacial score (nSPS) is 22.8. The Morgan fingerprint density at radius 3 is 2.82 bits per heavy atom. The largest absolute Gasteiger partial charge is 0.326 e. The Labute approximate surface area is 109 Å². The van der Waals surface area contributed by atoms with Gasteiger partial charge in [0.05, 0.1) is 5.92 Å². The number of anilines is 1. The third-order valence-corrected chi connectivity index (χ3v) is 3.77. The molecule has 1 aromatic carbocycles. The monoisotopic (exact) mass is 294 g/mol. The van der Waals surface area contributed by atoms with Crippen LogP contribution in [0.5, 0.6) is 0 Å². The minimum atomic E-state index is -0.103. The summed E-state index contributed by atoms with van der Waals surface area (Å²) in [7, 11) is 0. The Kier molecular flexibility index (Phi) is 3.64. The zero-order valence-electron chi connectivity index (χ0n) is 9.61. The molecule has 0 spiro atoms. The molecule has 2 atom stereocenters. The molecule has 0 heterocycles. The molecule has 0 saturated heterocycles. The van der Waals surface area contributed by atoms with E-state index in [1.54, 1.807) is 0 Å². The SMILES string of the molecule is Cc1cc(NC(=O)C2C=CC(N)C2)ccc1Br. The molecule has 1 amide bonds. The minimum Gasteiger partial charge on any atom is -0.326 e. The lowest BCUT2D eigenvalue weighted by Gasteiger charge is -2.11. The molecule has 17 heavy (non-hydrogen) atoms. The Balaban J connectivity index is 2.03. The second-order valence-electron chi connectivity index (χ2n) is 4.34. The van der Waals surface area contributed by atoms with Gasteiger partial charge in [0.15, 0.2) is 0 Å². The van der Waals surface area contributed by atoms with E-state index in [0.717, 1.165) is 15.7 Å². The smallest absolute Gasteiger partial charge is 0.231 e. The highest BCUT2D eigenvalue weighted by atomic mass is 79.9. The summed E-state index contributed by atoms with van der Waals surface area (Å²) in [4.78, 5) is 11.9. The summed E-state index contributed by atoms with van der Waals surface area (Å²) in [5, 5.41) is 2.91. The van der Waals surface area contributed by atoms with Crippen LogP contribution >= 0.6 is 15.9 Å². The number of amides is 1. The van der Waals surface area contributed by atoms with Gasteiger partial charge in [0.25, 0.3) is 0 Å². The first-order valence-corrected chi connectivity index (χ1v) is 6.36. The van der Waals surface area contributed by atoms with E-state index >= 15 is 0 Å². The molecule has 1 aliphatic carbocycles. The molecule has 1 aromatic rings. The van der Waals surface area contributed by atoms with E-state index in [2.05, 4.69) is 21.2 Å². The first-order chi connectivity index (χ1) is 8.06. The van der Waals surface area contributed by atoms with E-state index in [1.807, 2.05) is 37.3 Å². The molecule has 2 unspecified atom stereocenters. The van der Waals surface area contributed by atoms with Crippen LogP contribution in [0.15, 0.2) is 34.8 Å². The maximum atomic E-state index is 11.9. The van der Waals surface area contributed by atoms with Crippen molar-refractivity contribution in [3.8, 4) is 0 Å². The second kappa shape index (κ2) is 5.02. The van der Waals surface area contributed by atoms with Crippen LogP contribution in [0.3, 0.4) is 0 Å². The second-order valence-corrected chi connectivity index (χ2v) is 5.20. The van der Waals surface area contributed by atoms with E-state index in [-0.39, 0.29) is 17.9 Å². The molecule has 2 rings (SSSR count). The molecule has 0 fully saturated rings. The summed E-state index contributed by atoms with van der Waals surface area (Å²) in [5.74, 6) is -0.0927. The fraction of sp³-hybridized carbons (Fsp3) is 0.308. The Morgan fingerprint density at radius 2 is 2.24 bits per heavy atom. The Bertz CT molecular complexity index is 470. The molecular weight excluding hydrogens is 280 g/mol. The predicted octanol–water partition coefficient (Wildman–Crippen LogP) is 2.60. The number of hydrogen-bond acceptors (Lipinski definition) is 2. The van der Waals surface area contributed by atoms with Gasteiger partial charge in [-0.15, -0.1) is 0 Å². The van der Waals surface area contributed by atoms with Crippen molar-refractivity contribution >= 4 is 27.5 Å². The van der Waals surface area contributed by atoms with Gasteiger partial charge in [-0.1, -0.05) is 28.1 Å². The molecule has 3 nitrogen and oxygen atoms in total. The maximum Gasteiger partial charge on any atom is 0.231 e. The summed E-state index contributed by atoms with van der Waals surface area (Å²) < 4.78 is 1.04. The minimum absolute atomic E-state index is 0.0101. The first kappa shape index (κ1) is 12.3. The lowest BCUT2D eigenvalue weighted by molar-refractivity contribution is -0.118. The van der Waals surface area contributed by atoms with E-state index in [4.69, 9.17) is 5.73 Å². The van der Waals surface area contributed by atoms with Crippen LogP contribution in [0.2, 0.25) is 0 Å². The summed E-state index contributed by atoms with van der Waals surface area (Å²) in [6, 6.07) is 5.77. The van der Waals surface area contributed by atoms with Crippen LogP contribution in [0, 0.1) is 12.8 Å². The molecule has 0 saturated carbocycles. The van der Waals surface area contributed by atoms with Crippen molar-refractivity contribution in [3.05, 3.63) is 40.4 Å². The van der Waals surface area contributed by atoms with Crippen molar-refractivity contribution in [1.29, 1.82) is 0 Å². The molecule has 0 radical (unpaired) electrons. The average molecular weight is 295 g/mol. The number of rotatable bonds is 2. The lowest BCUT2D eigenvalue weighted by Crippen LogP contribution is -2.23. The van der Waals surface area contributed by atoms with Crippen molar-refractivity contribution in [2.24, 2.45) is 11.7 Å². The standard InChI is InChI=1S/C13H15BrN2O/c1-8-6-11(4-5-12(8)14)16-13(17)9-2-3-10(15)7-9/h2-6,9-10H,7,15H2,1H3,(H,16,17). The highest BCUT2D eigenvalue weighted by Crippen LogP contribution is 2.22. The summed E-state index contributed by atoms with van der Waals surface area (Å²) in [6.07, 6.45) is 4.46. The molecular formula is C13H15BrN2O. The summed E-state index contributed by atoms with van der Waals surface area (Å²) >= 11 is 3.43. The number of benzene rings is 1. The maximum absolute atomic E-state index is 11.9. The number of halogens is 1. The van der Waals surface area contributed by atoms with Crippen molar-refractivity contribution in [2.75, 3.05) is 5.32 Å². The van der Waals surface area contributed by atoms with Crippen molar-refractivity contribution < 1.29 is 4.79 Å². The lowest BCUT2D eigenvalue weighted by atomic mass is 10.1. The van der Waals surface area contributed by atoms with Crippen LogP contribution in [0.1, 0.15) is 12.0 Å². The van der Waals surface area contributed by atoms with E-state index < -0.39 is 0 Å². The molecule has 90 valence electrons. The van der Waals surface area contributed by atoms with Gasteiger partial charge in [0.1, 0.15) is 0 Å². The number of hydrogen-bond donors (Lipinski definition) is 2. The fourth-order valence-corrected chi connectivity index (χ4v) is 2.13. The highest BCUT2D eigenvalue weighted by molar-refractivity contribution is 9.10. The van der Waals surface area contributed by atoms with Gasteiger partial charge < -0.3 is 11.1 Å². The number of nitrogens with two attached hydrogens (primary N) is 1. The number of aryl methyl sites for hydroxylation is 1. The van der Waals surface area contributed by atoms with Gasteiger partial charge >= 0.3 is 0 Å². The van der Waals surface area contributed by atoms with Crippen molar-refractivity contribution in [3.63, 3.8) is 0 Å². The molecule has 1 aliphatic rings. The van der Waals surface area contributed by atoms with Gasteiger partial charge in [-0.3, -0.25) is 4.79 Å². The van der Waals surface area contributed by atoms with Gasteiger partial charge in [0, 0.05) is 16.2 Å². The van der Waals surface area contributed by atoms with E-state index in [1.165, 1.54) is 0 Å². The van der Waals surface area contributed by atoms with Crippen LogP contribution in [-0.4, -0.2) is 11.9 Å². The van der Waals surface area contributed by atoms with Crippen LogP contribution in [0.4, 0.5) is 5.69 Å². The summed E-state index contributed by atoms with van der Waals surface area (Å²) in [5.41, 5.74) is 7.65. The number of carbonyl (C=O) groups is 1. The van der Waals surface area contributed by atoms with E-state index in [9.17, 15) is 4.79 Å². The fourth-order valence-electron chi connectivity index (χ4n) is 1.88. The quantitative estimate of drug-likeness (QED) is 0.824. The van der Waals surface area contributed by atoms with Crippen LogP contribution in [-0.2, 0) is 4.79 Å². The molecule has 4 heteroatoms. The first-order valence-electron chi connectivity index (χ1n) is 5.57. The number of carbonyl (C=O) groups excluding carboxylic acids is 1. The zero-order valence-corrected chi connectivity index (χ0v) is 11.2. The van der Waals surface area contributed by atoms with Gasteiger partial charge in [-0.05, 0) is 37.1 Å². The molecule has 3 N–H and O–H groups in total. The molecule has 0 aliphatic heterocycles. The molecule has 0 bridgehead atoms. The van der Waals surface area contributed by atoms with Crippen molar-refractivity contribution in [1.82, 2.24) is 0 Å². The van der Waals surface area contributed by atoms with Crippen molar-refractivity contribution in [2.45, 2.75) is 19.4 Å². The third-order valence-electron chi connectivity index (χ3n) is 2.88. The van der Waals surface area contributed by atoms with Gasteiger partial charge in [0.2, 0.25) is 5.91 Å². The number of nitrogens with one attached hydrogen (secondary N) is 1. The average Bonchev–Trinajstić information content (AvgIpc) is 2.70. The van der Waals surface area contributed by atoms with Gasteiger partial charge in [-0.25, -0.2) is 0 Å².